The molecule has 0 heterocycles. The number of nitrogens with one attached hydrogen (secondary N) is 1. The van der Waals surface area contributed by atoms with Gasteiger partial charge in [0.25, 0.3) is 11.6 Å². The lowest BCUT2D eigenvalue weighted by Crippen LogP contribution is -2.39. The minimum absolute atomic E-state index is 0.0354. The van der Waals surface area contributed by atoms with E-state index in [1.165, 1.54) is 27.7 Å². The van der Waals surface area contributed by atoms with Crippen molar-refractivity contribution in [3.05, 3.63) is 33.9 Å². The molecule has 0 aliphatic carbocycles. The molecule has 0 saturated heterocycles. The topological polar surface area (TPSA) is 117 Å². The number of halogens is 3. The first kappa shape index (κ1) is 24.0. The highest BCUT2D eigenvalue weighted by Crippen LogP contribution is 2.52. The average Bonchev–Trinajstić information content (AvgIpc) is 2.53. The molecule has 1 amide bonds. The Bertz CT molecular complexity index is 773. The predicted molar refractivity (Wildman–Crippen MR) is 92.8 cm³/mol. The Morgan fingerprint density at radius 3 is 2.18 bits per heavy atom. The first-order chi connectivity index (χ1) is 12.8. The number of amides is 1. The molecule has 0 aromatic heterocycles. The maximum atomic E-state index is 13.0. The van der Waals surface area contributed by atoms with Crippen LogP contribution in [0.4, 0.5) is 24.5 Å². The molecule has 0 spiro atoms. The molecule has 9 nitrogen and oxygen atoms in total. The van der Waals surface area contributed by atoms with Gasteiger partial charge >= 0.3 is 14.0 Å². The first-order valence-corrected chi connectivity index (χ1v) is 9.48. The van der Waals surface area contributed by atoms with Crippen molar-refractivity contribution in [1.29, 1.82) is 0 Å². The van der Waals surface area contributed by atoms with Crippen LogP contribution in [0, 0.1) is 10.1 Å². The number of nitro groups is 1. The van der Waals surface area contributed by atoms with Crippen molar-refractivity contribution in [1.82, 2.24) is 0 Å². The van der Waals surface area contributed by atoms with Crippen LogP contribution >= 0.6 is 7.82 Å². The molecule has 0 radical (unpaired) electrons. The third-order valence-electron chi connectivity index (χ3n) is 3.22. The molecule has 0 aliphatic rings. The summed E-state index contributed by atoms with van der Waals surface area (Å²) >= 11 is 0. The van der Waals surface area contributed by atoms with Crippen molar-refractivity contribution < 1.29 is 41.0 Å². The summed E-state index contributed by atoms with van der Waals surface area (Å²) in [6.07, 6.45) is -5.01. The minimum atomic E-state index is -5.01. The fourth-order valence-electron chi connectivity index (χ4n) is 2.01. The zero-order chi connectivity index (χ0) is 21.8. The van der Waals surface area contributed by atoms with Crippen LogP contribution in [0.15, 0.2) is 18.2 Å². The number of hydrogen-bond acceptors (Lipinski definition) is 7. The summed E-state index contributed by atoms with van der Waals surface area (Å²) in [5, 5.41) is 12.9. The quantitative estimate of drug-likeness (QED) is 0.349. The van der Waals surface area contributed by atoms with Crippen LogP contribution in [-0.4, -0.2) is 29.6 Å². The highest BCUT2D eigenvalue weighted by molar-refractivity contribution is 7.48. The van der Waals surface area contributed by atoms with E-state index >= 15 is 0 Å². The average molecular weight is 428 g/mol. The van der Waals surface area contributed by atoms with Gasteiger partial charge in [-0.15, -0.1) is 0 Å². The zero-order valence-corrected chi connectivity index (χ0v) is 16.4. The standard InChI is InChI=1S/C15H20F3N2O7P/c1-5-25-28(24,26-6-2)27-14(3,4)13(21)19-10-7-8-12(20(22)23)11(9-10)15(16,17)18/h7-9H,5-6H2,1-4H3,(H,19,21). The van der Waals surface area contributed by atoms with E-state index in [1.807, 2.05) is 0 Å². The van der Waals surface area contributed by atoms with Gasteiger partial charge in [0.1, 0.15) is 5.56 Å². The number of benzene rings is 1. The van der Waals surface area contributed by atoms with Gasteiger partial charge in [-0.25, -0.2) is 4.57 Å². The van der Waals surface area contributed by atoms with Crippen molar-refractivity contribution in [2.24, 2.45) is 0 Å². The second-order valence-electron chi connectivity index (χ2n) is 5.83. The van der Waals surface area contributed by atoms with Crippen molar-refractivity contribution in [2.75, 3.05) is 18.5 Å². The highest BCUT2D eigenvalue weighted by Gasteiger charge is 2.41. The molecule has 1 rings (SSSR count). The van der Waals surface area contributed by atoms with E-state index in [1.54, 1.807) is 0 Å². The highest BCUT2D eigenvalue weighted by atomic mass is 31.2. The first-order valence-electron chi connectivity index (χ1n) is 8.02. The van der Waals surface area contributed by atoms with Crippen LogP contribution in [-0.2, 0) is 29.1 Å². The van der Waals surface area contributed by atoms with Gasteiger partial charge in [0, 0.05) is 11.8 Å². The van der Waals surface area contributed by atoms with Crippen molar-refractivity contribution >= 4 is 25.1 Å². The van der Waals surface area contributed by atoms with Gasteiger partial charge in [-0.1, -0.05) is 0 Å². The maximum Gasteiger partial charge on any atom is 0.475 e. The number of alkyl halides is 3. The van der Waals surface area contributed by atoms with E-state index in [9.17, 15) is 32.6 Å². The van der Waals surface area contributed by atoms with Crippen molar-refractivity contribution in [3.8, 4) is 0 Å². The molecule has 13 heteroatoms. The Hall–Kier alpha value is -2.01. The van der Waals surface area contributed by atoms with Crippen LogP contribution in [0.25, 0.3) is 0 Å². The molecule has 0 bridgehead atoms. The molecule has 0 aliphatic heterocycles. The molecule has 0 unspecified atom stereocenters. The number of nitro benzene ring substituents is 1. The molecular formula is C15H20F3N2O7P. The van der Waals surface area contributed by atoms with E-state index in [-0.39, 0.29) is 18.9 Å². The van der Waals surface area contributed by atoms with Crippen LogP contribution in [0.3, 0.4) is 0 Å². The number of phosphoric acid groups is 1. The summed E-state index contributed by atoms with van der Waals surface area (Å²) in [4.78, 5) is 22.0. The second kappa shape index (κ2) is 8.99. The largest absolute Gasteiger partial charge is 0.475 e. The SMILES string of the molecule is CCOP(=O)(OCC)OC(C)(C)C(=O)Nc1ccc([N+](=O)[O-])c(C(F)(F)F)c1. The van der Waals surface area contributed by atoms with Crippen LogP contribution in [0.1, 0.15) is 33.3 Å². The number of hydrogen-bond donors (Lipinski definition) is 1. The van der Waals surface area contributed by atoms with Crippen LogP contribution in [0.2, 0.25) is 0 Å². The number of carbonyl (C=O) groups is 1. The molecule has 0 saturated carbocycles. The van der Waals surface area contributed by atoms with E-state index in [4.69, 9.17) is 13.6 Å². The lowest BCUT2D eigenvalue weighted by atomic mass is 10.1. The summed E-state index contributed by atoms with van der Waals surface area (Å²) in [6.45, 7) is 5.40. The lowest BCUT2D eigenvalue weighted by Gasteiger charge is -2.28. The van der Waals surface area contributed by atoms with E-state index < -0.39 is 41.7 Å². The molecule has 1 aromatic rings. The monoisotopic (exact) mass is 428 g/mol. The van der Waals surface area contributed by atoms with Crippen molar-refractivity contribution in [2.45, 2.75) is 39.5 Å². The third-order valence-corrected chi connectivity index (χ3v) is 5.05. The van der Waals surface area contributed by atoms with E-state index in [0.717, 1.165) is 6.07 Å². The van der Waals surface area contributed by atoms with Crippen LogP contribution in [0.5, 0.6) is 0 Å². The van der Waals surface area contributed by atoms with Crippen molar-refractivity contribution in [3.63, 3.8) is 0 Å². The smallest absolute Gasteiger partial charge is 0.324 e. The minimum Gasteiger partial charge on any atom is -0.324 e. The van der Waals surface area contributed by atoms with Gasteiger partial charge in [0.15, 0.2) is 5.60 Å². The number of carbonyl (C=O) groups excluding carboxylic acids is 1. The Morgan fingerprint density at radius 1 is 1.21 bits per heavy atom. The molecule has 28 heavy (non-hydrogen) atoms. The second-order valence-corrected chi connectivity index (χ2v) is 7.42. The summed E-state index contributed by atoms with van der Waals surface area (Å²) < 4.78 is 66.5. The summed E-state index contributed by atoms with van der Waals surface area (Å²) in [5.41, 5.74) is -4.86. The van der Waals surface area contributed by atoms with Gasteiger partial charge in [0.2, 0.25) is 0 Å². The molecule has 0 fully saturated rings. The fraction of sp³-hybridized carbons (Fsp3) is 0.533. The molecule has 158 valence electrons. The molecular weight excluding hydrogens is 408 g/mol. The normalized spacial score (nSPS) is 12.7. The molecule has 1 aromatic carbocycles. The summed E-state index contributed by atoms with van der Waals surface area (Å²) in [7, 11) is -4.09. The summed E-state index contributed by atoms with van der Waals surface area (Å²) in [6, 6.07) is 1.99. The van der Waals surface area contributed by atoms with Gasteiger partial charge in [-0.3, -0.25) is 28.5 Å². The Kier molecular flexibility index (Phi) is 7.72. The third kappa shape index (κ3) is 6.26. The fourth-order valence-corrected chi connectivity index (χ4v) is 3.46. The Balaban J connectivity index is 3.11. The lowest BCUT2D eigenvalue weighted by molar-refractivity contribution is -0.388. The number of rotatable bonds is 9. The molecule has 0 atom stereocenters. The zero-order valence-electron chi connectivity index (χ0n) is 15.5. The van der Waals surface area contributed by atoms with Gasteiger partial charge in [-0.2, -0.15) is 13.2 Å². The summed E-state index contributed by atoms with van der Waals surface area (Å²) in [5.74, 6) is -0.964. The Labute approximate surface area is 158 Å². The van der Waals surface area contributed by atoms with E-state index in [0.29, 0.717) is 12.1 Å². The van der Waals surface area contributed by atoms with Gasteiger partial charge < -0.3 is 5.32 Å². The van der Waals surface area contributed by atoms with E-state index in [2.05, 4.69) is 5.32 Å². The maximum absolute atomic E-state index is 13.0. The van der Waals surface area contributed by atoms with Gasteiger partial charge in [0.05, 0.1) is 18.1 Å². The number of anilines is 1. The number of nitrogens with zero attached hydrogens (tertiary/aromatic N) is 1. The predicted octanol–water partition coefficient (Wildman–Crippen LogP) is 4.53. The Morgan fingerprint density at radius 2 is 1.75 bits per heavy atom. The van der Waals surface area contributed by atoms with Gasteiger partial charge in [-0.05, 0) is 39.8 Å². The molecule has 1 N–H and O–H groups in total. The van der Waals surface area contributed by atoms with Crippen LogP contribution < -0.4 is 5.32 Å². The number of phosphoric ester groups is 1.